The summed E-state index contributed by atoms with van der Waals surface area (Å²) in [6, 6.07) is 14.3. The van der Waals surface area contributed by atoms with Crippen LogP contribution in [-0.4, -0.2) is 15.5 Å². The molecule has 1 N–H and O–H groups in total. The quantitative estimate of drug-likeness (QED) is 0.496. The van der Waals surface area contributed by atoms with Crippen LogP contribution in [0.1, 0.15) is 48.2 Å². The lowest BCUT2D eigenvalue weighted by Crippen LogP contribution is -2.29. The van der Waals surface area contributed by atoms with Gasteiger partial charge in [-0.25, -0.2) is 4.98 Å². The van der Waals surface area contributed by atoms with E-state index in [1.807, 2.05) is 19.1 Å². The van der Waals surface area contributed by atoms with Crippen LogP contribution in [0.5, 0.6) is 0 Å². The first kappa shape index (κ1) is 19.9. The maximum atomic E-state index is 13.0. The molecule has 0 spiro atoms. The van der Waals surface area contributed by atoms with Gasteiger partial charge in [-0.15, -0.1) is 11.3 Å². The minimum Gasteiger partial charge on any atom is -0.350 e. The summed E-state index contributed by atoms with van der Waals surface area (Å²) in [6.45, 7) is 2.32. The van der Waals surface area contributed by atoms with E-state index in [2.05, 4.69) is 40.6 Å². The van der Waals surface area contributed by atoms with E-state index in [-0.39, 0.29) is 23.9 Å². The van der Waals surface area contributed by atoms with Crippen molar-refractivity contribution in [3.63, 3.8) is 0 Å². The predicted octanol–water partition coefficient (Wildman–Crippen LogP) is 4.76. The lowest BCUT2D eigenvalue weighted by molar-refractivity contribution is -0.121. The maximum absolute atomic E-state index is 13.0. The van der Waals surface area contributed by atoms with Crippen LogP contribution in [0, 0.1) is 0 Å². The second-order valence-electron chi connectivity index (χ2n) is 8.28. The van der Waals surface area contributed by atoms with E-state index in [4.69, 9.17) is 0 Å². The summed E-state index contributed by atoms with van der Waals surface area (Å²) in [5.74, 6) is -0.0694. The van der Waals surface area contributed by atoms with Crippen molar-refractivity contribution in [2.45, 2.75) is 51.6 Å². The molecule has 0 aliphatic heterocycles. The Morgan fingerprint density at radius 3 is 2.84 bits per heavy atom. The van der Waals surface area contributed by atoms with E-state index in [0.717, 1.165) is 40.4 Å². The van der Waals surface area contributed by atoms with Gasteiger partial charge in [0.05, 0.1) is 17.8 Å². The van der Waals surface area contributed by atoms with Crippen LogP contribution in [0.4, 0.5) is 0 Å². The Kier molecular flexibility index (Phi) is 5.32. The third-order valence-corrected chi connectivity index (χ3v) is 7.37. The van der Waals surface area contributed by atoms with E-state index in [9.17, 15) is 9.59 Å². The fraction of sp³-hybridized carbons (Fsp3) is 0.320. The van der Waals surface area contributed by atoms with E-state index in [0.29, 0.717) is 6.54 Å². The lowest BCUT2D eigenvalue weighted by atomic mass is 9.97. The highest BCUT2D eigenvalue weighted by molar-refractivity contribution is 7.18. The molecular formula is C25H25N3O2S. The van der Waals surface area contributed by atoms with Gasteiger partial charge in [0.25, 0.3) is 5.56 Å². The van der Waals surface area contributed by atoms with Crippen molar-refractivity contribution in [2.75, 3.05) is 0 Å². The van der Waals surface area contributed by atoms with Crippen molar-refractivity contribution in [1.29, 1.82) is 0 Å². The summed E-state index contributed by atoms with van der Waals surface area (Å²) < 4.78 is 1.59. The number of benzene rings is 2. The van der Waals surface area contributed by atoms with Crippen molar-refractivity contribution < 1.29 is 4.79 Å². The number of nitrogens with one attached hydrogen (secondary N) is 1. The summed E-state index contributed by atoms with van der Waals surface area (Å²) >= 11 is 1.65. The van der Waals surface area contributed by atoms with Crippen molar-refractivity contribution in [2.24, 2.45) is 0 Å². The van der Waals surface area contributed by atoms with E-state index in [1.165, 1.54) is 22.2 Å². The third kappa shape index (κ3) is 3.88. The topological polar surface area (TPSA) is 64.0 Å². The zero-order chi connectivity index (χ0) is 21.4. The maximum Gasteiger partial charge on any atom is 0.262 e. The molecule has 5 nitrogen and oxygen atoms in total. The van der Waals surface area contributed by atoms with Crippen LogP contribution >= 0.6 is 11.3 Å². The minimum atomic E-state index is -0.0988. The largest absolute Gasteiger partial charge is 0.350 e. The molecule has 5 rings (SSSR count). The number of nitrogens with zero attached hydrogens (tertiary/aromatic N) is 2. The Labute approximate surface area is 184 Å². The van der Waals surface area contributed by atoms with Crippen LogP contribution in [0.15, 0.2) is 53.6 Å². The van der Waals surface area contributed by atoms with E-state index in [1.54, 1.807) is 22.2 Å². The molecule has 1 aliphatic carbocycles. The predicted molar refractivity (Wildman–Crippen MR) is 126 cm³/mol. The molecule has 1 aliphatic rings. The Bertz CT molecular complexity index is 1340. The van der Waals surface area contributed by atoms with Gasteiger partial charge in [0.15, 0.2) is 0 Å². The molecule has 1 atom stereocenters. The normalized spacial score (nSPS) is 14.5. The second kappa shape index (κ2) is 8.27. The van der Waals surface area contributed by atoms with Crippen LogP contribution in [0.3, 0.4) is 0 Å². The van der Waals surface area contributed by atoms with Crippen LogP contribution in [-0.2, 0) is 24.2 Å². The number of fused-ring (bicyclic) bond motifs is 4. The third-order valence-electron chi connectivity index (χ3n) is 6.17. The van der Waals surface area contributed by atoms with Gasteiger partial charge >= 0.3 is 0 Å². The number of rotatable bonds is 5. The molecule has 0 saturated heterocycles. The second-order valence-corrected chi connectivity index (χ2v) is 9.36. The average Bonchev–Trinajstić information content (AvgIpc) is 3.17. The van der Waals surface area contributed by atoms with Gasteiger partial charge in [-0.3, -0.25) is 14.2 Å². The Morgan fingerprint density at radius 2 is 1.97 bits per heavy atom. The molecular weight excluding hydrogens is 406 g/mol. The van der Waals surface area contributed by atoms with Gasteiger partial charge in [0.1, 0.15) is 4.83 Å². The highest BCUT2D eigenvalue weighted by Crippen LogP contribution is 2.33. The van der Waals surface area contributed by atoms with Gasteiger partial charge in [-0.05, 0) is 60.6 Å². The Morgan fingerprint density at radius 1 is 1.16 bits per heavy atom. The molecule has 2 aromatic heterocycles. The SMILES string of the molecule is CC(NC(=O)CCn1cnc2sc3c(c2c1=O)CCCC3)c1ccc2ccccc2c1. The van der Waals surface area contributed by atoms with Gasteiger partial charge in [-0.1, -0.05) is 36.4 Å². The molecule has 0 saturated carbocycles. The fourth-order valence-electron chi connectivity index (χ4n) is 4.44. The average molecular weight is 432 g/mol. The number of aromatic nitrogens is 2. The zero-order valence-corrected chi connectivity index (χ0v) is 18.4. The first-order valence-electron chi connectivity index (χ1n) is 10.9. The zero-order valence-electron chi connectivity index (χ0n) is 17.6. The van der Waals surface area contributed by atoms with Crippen molar-refractivity contribution in [1.82, 2.24) is 14.9 Å². The van der Waals surface area contributed by atoms with Crippen LogP contribution in [0.2, 0.25) is 0 Å². The number of hydrogen-bond donors (Lipinski definition) is 1. The summed E-state index contributed by atoms with van der Waals surface area (Å²) in [5, 5.41) is 6.17. The van der Waals surface area contributed by atoms with E-state index >= 15 is 0 Å². The monoisotopic (exact) mass is 431 g/mol. The smallest absolute Gasteiger partial charge is 0.262 e. The number of carbonyl (C=O) groups excluding carboxylic acids is 1. The fourth-order valence-corrected chi connectivity index (χ4v) is 5.66. The van der Waals surface area contributed by atoms with Crippen molar-refractivity contribution in [3.05, 3.63) is 75.1 Å². The number of thiophene rings is 1. The first-order valence-corrected chi connectivity index (χ1v) is 11.7. The van der Waals surface area contributed by atoms with Gasteiger partial charge in [-0.2, -0.15) is 0 Å². The number of aryl methyl sites for hydroxylation is 3. The Hall–Kier alpha value is -2.99. The number of hydrogen-bond acceptors (Lipinski definition) is 4. The molecule has 0 bridgehead atoms. The van der Waals surface area contributed by atoms with Gasteiger partial charge in [0.2, 0.25) is 5.91 Å². The molecule has 0 fully saturated rings. The highest BCUT2D eigenvalue weighted by Gasteiger charge is 2.20. The van der Waals surface area contributed by atoms with Crippen LogP contribution in [0.25, 0.3) is 21.0 Å². The summed E-state index contributed by atoms with van der Waals surface area (Å²) in [7, 11) is 0. The summed E-state index contributed by atoms with van der Waals surface area (Å²) in [6.07, 6.45) is 6.15. The number of carbonyl (C=O) groups is 1. The van der Waals surface area contributed by atoms with E-state index < -0.39 is 0 Å². The molecule has 4 aromatic rings. The van der Waals surface area contributed by atoms with Gasteiger partial charge < -0.3 is 5.32 Å². The molecule has 1 amide bonds. The molecule has 6 heteroatoms. The summed E-state index contributed by atoms with van der Waals surface area (Å²) in [5.41, 5.74) is 2.24. The minimum absolute atomic E-state index is 0.0141. The van der Waals surface area contributed by atoms with Crippen molar-refractivity contribution in [3.8, 4) is 0 Å². The van der Waals surface area contributed by atoms with Gasteiger partial charge in [0, 0.05) is 17.8 Å². The number of amides is 1. The molecule has 158 valence electrons. The van der Waals surface area contributed by atoms with Crippen LogP contribution < -0.4 is 10.9 Å². The molecule has 1 unspecified atom stereocenters. The molecule has 2 aromatic carbocycles. The Balaban J connectivity index is 1.28. The van der Waals surface area contributed by atoms with Crippen molar-refractivity contribution >= 4 is 38.2 Å². The highest BCUT2D eigenvalue weighted by atomic mass is 32.1. The molecule has 31 heavy (non-hydrogen) atoms. The molecule has 2 heterocycles. The first-order chi connectivity index (χ1) is 15.1. The molecule has 0 radical (unpaired) electrons. The lowest BCUT2D eigenvalue weighted by Gasteiger charge is -2.15. The summed E-state index contributed by atoms with van der Waals surface area (Å²) in [4.78, 5) is 32.3. The standard InChI is InChI=1S/C25H25N3O2S/c1-16(18-11-10-17-6-2-3-7-19(17)14-18)27-22(29)12-13-28-15-26-24-23(25(28)30)20-8-4-5-9-21(20)31-24/h2-3,6-7,10-11,14-16H,4-5,8-9,12-13H2,1H3,(H,27,29).